The van der Waals surface area contributed by atoms with Crippen molar-refractivity contribution < 1.29 is 22.9 Å². The summed E-state index contributed by atoms with van der Waals surface area (Å²) in [6.07, 6.45) is 4.52. The second kappa shape index (κ2) is 11.0. The number of amides is 1. The minimum Gasteiger partial charge on any atom is -0.456 e. The van der Waals surface area contributed by atoms with Crippen LogP contribution in [0.3, 0.4) is 0 Å². The number of rotatable bonds is 11. The van der Waals surface area contributed by atoms with Crippen LogP contribution < -0.4 is 10.5 Å². The Morgan fingerprint density at radius 1 is 1.14 bits per heavy atom. The number of nitrogens with two attached hydrogens (primary N) is 1. The lowest BCUT2D eigenvalue weighted by Crippen LogP contribution is -2.53. The van der Waals surface area contributed by atoms with E-state index in [1.807, 2.05) is 19.0 Å². The Morgan fingerprint density at radius 2 is 1.83 bits per heavy atom. The minimum atomic E-state index is -4.15. The number of nitrogens with zero attached hydrogens (tertiary/aromatic N) is 3. The van der Waals surface area contributed by atoms with Crippen LogP contribution in [0.1, 0.15) is 23.2 Å². The Kier molecular flexibility index (Phi) is 8.28. The zero-order valence-electron chi connectivity index (χ0n) is 20.5. The summed E-state index contributed by atoms with van der Waals surface area (Å²) in [5, 5.41) is 12.2. The highest BCUT2D eigenvalue weighted by Gasteiger charge is 2.48. The van der Waals surface area contributed by atoms with Gasteiger partial charge in [-0.25, -0.2) is 13.3 Å². The van der Waals surface area contributed by atoms with Gasteiger partial charge < -0.3 is 15.4 Å². The monoisotopic (exact) mass is 514 g/mol. The van der Waals surface area contributed by atoms with Crippen LogP contribution in [0.5, 0.6) is 11.5 Å². The van der Waals surface area contributed by atoms with Gasteiger partial charge in [-0.1, -0.05) is 24.3 Å². The van der Waals surface area contributed by atoms with Crippen LogP contribution in [0.2, 0.25) is 0 Å². The Bertz CT molecular complexity index is 1290. The molecule has 0 spiro atoms. The lowest BCUT2D eigenvalue weighted by atomic mass is 9.99. The normalized spacial score (nSPS) is 17.8. The highest BCUT2D eigenvalue weighted by molar-refractivity contribution is 7.95. The van der Waals surface area contributed by atoms with Crippen molar-refractivity contribution in [3.63, 3.8) is 0 Å². The molecule has 1 amide bonds. The topological polar surface area (TPSA) is 136 Å². The summed E-state index contributed by atoms with van der Waals surface area (Å²) in [5.41, 5.74) is 3.76. The molecular formula is C25H30N4O6S. The number of benzene rings is 2. The summed E-state index contributed by atoms with van der Waals surface area (Å²) in [6, 6.07) is 12.3. The zero-order chi connectivity index (χ0) is 26.5. The third-order valence-corrected chi connectivity index (χ3v) is 7.85. The molecule has 10 nitrogen and oxygen atoms in total. The summed E-state index contributed by atoms with van der Waals surface area (Å²) in [4.78, 5) is 26.9. The van der Waals surface area contributed by atoms with E-state index in [1.165, 1.54) is 36.4 Å². The van der Waals surface area contributed by atoms with E-state index in [2.05, 4.69) is 0 Å². The third-order valence-electron chi connectivity index (χ3n) is 6.00. The highest BCUT2D eigenvalue weighted by atomic mass is 32.2. The molecule has 0 fully saturated rings. The number of primary amides is 1. The van der Waals surface area contributed by atoms with Gasteiger partial charge in [0.1, 0.15) is 11.5 Å². The first kappa shape index (κ1) is 27.1. The second-order valence-electron chi connectivity index (χ2n) is 8.82. The van der Waals surface area contributed by atoms with Crippen molar-refractivity contribution >= 4 is 15.7 Å². The van der Waals surface area contributed by atoms with Crippen LogP contribution in [0.15, 0.2) is 76.6 Å². The number of carbonyl (C=O) groups excluding carboxylic acids is 1. The molecular weight excluding hydrogens is 484 g/mol. The maximum atomic E-state index is 13.6. The molecule has 2 aromatic carbocycles. The van der Waals surface area contributed by atoms with E-state index >= 15 is 0 Å². The first-order valence-electron chi connectivity index (χ1n) is 11.3. The number of nitro groups is 1. The Hall–Kier alpha value is -3.54. The van der Waals surface area contributed by atoms with E-state index in [9.17, 15) is 23.3 Å². The van der Waals surface area contributed by atoms with Gasteiger partial charge in [-0.2, -0.15) is 0 Å². The molecule has 1 atom stereocenters. The Morgan fingerprint density at radius 3 is 2.44 bits per heavy atom. The summed E-state index contributed by atoms with van der Waals surface area (Å²) >= 11 is 0. The van der Waals surface area contributed by atoms with Gasteiger partial charge >= 0.3 is 5.66 Å². The summed E-state index contributed by atoms with van der Waals surface area (Å²) in [5.74, 6) is -0.416. The average molecular weight is 515 g/mol. The molecule has 2 N–H and O–H groups in total. The van der Waals surface area contributed by atoms with Gasteiger partial charge in [0.05, 0.1) is 21.8 Å². The number of ether oxygens (including phenoxy) is 1. The molecule has 0 bridgehead atoms. The molecule has 0 aromatic heterocycles. The van der Waals surface area contributed by atoms with Crippen molar-refractivity contribution in [1.29, 1.82) is 0 Å². The van der Waals surface area contributed by atoms with E-state index in [1.54, 1.807) is 42.3 Å². The smallest absolute Gasteiger partial charge is 0.301 e. The molecule has 36 heavy (non-hydrogen) atoms. The van der Waals surface area contributed by atoms with Gasteiger partial charge in [0.15, 0.2) is 0 Å². The fraction of sp³-hybridized carbons (Fsp3) is 0.320. The highest BCUT2D eigenvalue weighted by Crippen LogP contribution is 2.36. The quantitative estimate of drug-likeness (QED) is 0.275. The summed E-state index contributed by atoms with van der Waals surface area (Å²) in [6.45, 7) is 1.14. The Balaban J connectivity index is 1.95. The van der Waals surface area contributed by atoms with Crippen LogP contribution in [-0.2, 0) is 9.84 Å². The first-order valence-corrected chi connectivity index (χ1v) is 12.8. The summed E-state index contributed by atoms with van der Waals surface area (Å²) < 4.78 is 32.9. The van der Waals surface area contributed by atoms with Crippen molar-refractivity contribution in [2.75, 3.05) is 34.2 Å². The Labute approximate surface area is 210 Å². The molecule has 1 aliphatic carbocycles. The van der Waals surface area contributed by atoms with Crippen molar-refractivity contribution in [2.45, 2.75) is 23.4 Å². The predicted molar refractivity (Wildman–Crippen MR) is 136 cm³/mol. The van der Waals surface area contributed by atoms with Crippen LogP contribution in [0, 0.1) is 10.1 Å². The van der Waals surface area contributed by atoms with E-state index < -0.39 is 26.3 Å². The fourth-order valence-electron chi connectivity index (χ4n) is 3.94. The number of para-hydroxylation sites is 1. The number of hydrogen-bond acceptors (Lipinski definition) is 8. The van der Waals surface area contributed by atoms with Crippen molar-refractivity contribution in [3.8, 4) is 11.5 Å². The first-order chi connectivity index (χ1) is 17.0. The minimum absolute atomic E-state index is 0.00980. The van der Waals surface area contributed by atoms with Crippen LogP contribution in [0.25, 0.3) is 0 Å². The van der Waals surface area contributed by atoms with E-state index in [0.29, 0.717) is 18.7 Å². The summed E-state index contributed by atoms with van der Waals surface area (Å²) in [7, 11) is 1.29. The van der Waals surface area contributed by atoms with Gasteiger partial charge in [-0.3, -0.25) is 14.9 Å². The SMILES string of the molecule is CN(C)CCCN(C)C1([N+](=O)[O-])C=CC=C(S(=O)(=O)c2ccc(C(N)=O)c(Oc3ccccc3)c2)C1. The maximum Gasteiger partial charge on any atom is 0.301 e. The number of carbonyl (C=O) groups is 1. The van der Waals surface area contributed by atoms with Crippen molar-refractivity contribution in [2.24, 2.45) is 5.73 Å². The molecule has 1 aliphatic rings. The molecule has 1 unspecified atom stereocenters. The van der Waals surface area contributed by atoms with Gasteiger partial charge in [-0.15, -0.1) is 0 Å². The fourth-order valence-corrected chi connectivity index (χ4v) is 5.41. The van der Waals surface area contributed by atoms with Crippen LogP contribution >= 0.6 is 0 Å². The maximum absolute atomic E-state index is 13.6. The second-order valence-corrected chi connectivity index (χ2v) is 10.8. The standard InChI is InChI=1S/C25H30N4O6S/c1-27(2)15-8-16-28(3)25(29(31)32)14-7-11-21(18-25)36(33,34)20-12-13-22(24(26)30)23(17-20)35-19-9-5-4-6-10-19/h4-7,9-14,17H,8,15-16,18H2,1-3H3,(H2,26,30). The van der Waals surface area contributed by atoms with Gasteiger partial charge in [-0.05, 0) is 64.5 Å². The molecule has 0 aliphatic heterocycles. The molecule has 2 aromatic rings. The molecule has 0 saturated carbocycles. The zero-order valence-corrected chi connectivity index (χ0v) is 21.3. The van der Waals surface area contributed by atoms with Crippen LogP contribution in [-0.4, -0.2) is 68.9 Å². The van der Waals surface area contributed by atoms with Crippen LogP contribution in [0.4, 0.5) is 0 Å². The lowest BCUT2D eigenvalue weighted by Gasteiger charge is -2.33. The molecule has 3 rings (SSSR count). The predicted octanol–water partition coefficient (Wildman–Crippen LogP) is 3.05. The van der Waals surface area contributed by atoms with E-state index in [4.69, 9.17) is 10.5 Å². The molecule has 0 heterocycles. The van der Waals surface area contributed by atoms with Gasteiger partial charge in [0.2, 0.25) is 9.84 Å². The van der Waals surface area contributed by atoms with E-state index in [0.717, 1.165) is 6.54 Å². The molecule has 0 saturated heterocycles. The van der Waals surface area contributed by atoms with Gasteiger partial charge in [0, 0.05) is 23.6 Å². The molecule has 11 heteroatoms. The number of allylic oxidation sites excluding steroid dienone is 2. The average Bonchev–Trinajstić information content (AvgIpc) is 2.84. The van der Waals surface area contributed by atoms with Crippen molar-refractivity contribution in [3.05, 3.63) is 87.3 Å². The van der Waals surface area contributed by atoms with Crippen molar-refractivity contribution in [1.82, 2.24) is 9.80 Å². The number of sulfone groups is 1. The van der Waals surface area contributed by atoms with Gasteiger partial charge in [0.25, 0.3) is 5.91 Å². The number of hydrogen-bond donors (Lipinski definition) is 1. The molecule has 0 radical (unpaired) electrons. The molecule has 192 valence electrons. The third kappa shape index (κ3) is 5.81. The lowest BCUT2D eigenvalue weighted by molar-refractivity contribution is -0.584. The number of likely N-dealkylation sites (N-methyl/N-ethyl adjacent to an activating group) is 1. The van der Waals surface area contributed by atoms with E-state index in [-0.39, 0.29) is 27.5 Å². The largest absolute Gasteiger partial charge is 0.456 e.